The van der Waals surface area contributed by atoms with E-state index in [0.717, 1.165) is 31.7 Å². The van der Waals surface area contributed by atoms with Crippen LogP contribution in [0.5, 0.6) is 0 Å². The van der Waals surface area contributed by atoms with Gasteiger partial charge in [0.05, 0.1) is 4.92 Å². The Bertz CT molecular complexity index is 748. The molecule has 0 aliphatic heterocycles. The number of halogens is 1. The van der Waals surface area contributed by atoms with Crippen LogP contribution in [0.25, 0.3) is 0 Å². The van der Waals surface area contributed by atoms with Gasteiger partial charge in [-0.2, -0.15) is 0 Å². The molecule has 1 fully saturated rings. The van der Waals surface area contributed by atoms with Gasteiger partial charge in [-0.1, -0.05) is 24.4 Å². The van der Waals surface area contributed by atoms with E-state index in [0.29, 0.717) is 0 Å². The average molecular weight is 398 g/mol. The van der Waals surface area contributed by atoms with Crippen LogP contribution in [0.3, 0.4) is 0 Å². The summed E-state index contributed by atoms with van der Waals surface area (Å²) in [6.07, 6.45) is 3.96. The van der Waals surface area contributed by atoms with Crippen LogP contribution in [-0.4, -0.2) is 41.4 Å². The predicted molar refractivity (Wildman–Crippen MR) is 96.4 cm³/mol. The van der Waals surface area contributed by atoms with Gasteiger partial charge in [0.15, 0.2) is 6.61 Å². The molecule has 1 aliphatic carbocycles. The van der Waals surface area contributed by atoms with Crippen molar-refractivity contribution < 1.29 is 24.0 Å². The highest BCUT2D eigenvalue weighted by Crippen LogP contribution is 2.25. The Morgan fingerprint density at radius 3 is 2.63 bits per heavy atom. The van der Waals surface area contributed by atoms with Crippen molar-refractivity contribution in [3.8, 4) is 0 Å². The summed E-state index contributed by atoms with van der Waals surface area (Å²) in [5.74, 6) is -1.87. The Morgan fingerprint density at radius 2 is 2.00 bits per heavy atom. The Morgan fingerprint density at radius 1 is 1.33 bits per heavy atom. The zero-order valence-electron chi connectivity index (χ0n) is 14.7. The molecule has 1 aromatic carbocycles. The zero-order chi connectivity index (χ0) is 20.0. The van der Waals surface area contributed by atoms with Crippen molar-refractivity contribution in [2.24, 2.45) is 0 Å². The number of nitrogens with one attached hydrogen (secondary N) is 2. The molecule has 1 aliphatic rings. The van der Waals surface area contributed by atoms with E-state index < -0.39 is 35.1 Å². The van der Waals surface area contributed by atoms with E-state index in [9.17, 15) is 24.5 Å². The lowest BCUT2D eigenvalue weighted by Gasteiger charge is -2.15. The van der Waals surface area contributed by atoms with Crippen LogP contribution in [0.2, 0.25) is 5.02 Å². The van der Waals surface area contributed by atoms with E-state index in [1.807, 2.05) is 0 Å². The molecule has 0 bridgehead atoms. The number of carbonyl (C=O) groups excluding carboxylic acids is 3. The number of ether oxygens (including phenoxy) is 1. The number of esters is 1. The SMILES string of the molecule is C[C@H](NC(=O)c1ccc(Cl)c([N+](=O)[O-])c1)C(=O)OCC(=O)NC1CCCC1. The molecule has 10 heteroatoms. The maximum absolute atomic E-state index is 12.2. The third kappa shape index (κ3) is 5.92. The van der Waals surface area contributed by atoms with E-state index in [-0.39, 0.29) is 22.5 Å². The van der Waals surface area contributed by atoms with E-state index in [1.165, 1.54) is 19.1 Å². The van der Waals surface area contributed by atoms with Crippen LogP contribution in [0.15, 0.2) is 18.2 Å². The summed E-state index contributed by atoms with van der Waals surface area (Å²) in [5, 5.41) is 15.9. The van der Waals surface area contributed by atoms with Crippen molar-refractivity contribution >= 4 is 35.1 Å². The van der Waals surface area contributed by atoms with Crippen LogP contribution in [-0.2, 0) is 14.3 Å². The van der Waals surface area contributed by atoms with Gasteiger partial charge in [0.2, 0.25) is 0 Å². The Hall–Kier alpha value is -2.68. The molecule has 0 heterocycles. The van der Waals surface area contributed by atoms with E-state index >= 15 is 0 Å². The number of carbonyl (C=O) groups is 3. The second-order valence-electron chi connectivity index (χ2n) is 6.28. The highest BCUT2D eigenvalue weighted by Gasteiger charge is 2.22. The van der Waals surface area contributed by atoms with Crippen molar-refractivity contribution in [3.63, 3.8) is 0 Å². The first-order chi connectivity index (χ1) is 12.8. The maximum atomic E-state index is 12.2. The normalized spacial score (nSPS) is 15.0. The number of nitrogens with zero attached hydrogens (tertiary/aromatic N) is 1. The Balaban J connectivity index is 1.84. The van der Waals surface area contributed by atoms with Gasteiger partial charge >= 0.3 is 5.97 Å². The zero-order valence-corrected chi connectivity index (χ0v) is 15.5. The van der Waals surface area contributed by atoms with Crippen LogP contribution >= 0.6 is 11.6 Å². The summed E-state index contributed by atoms with van der Waals surface area (Å²) in [7, 11) is 0. The van der Waals surface area contributed by atoms with Crippen LogP contribution in [0.1, 0.15) is 43.0 Å². The second kappa shape index (κ2) is 9.31. The summed E-state index contributed by atoms with van der Waals surface area (Å²) >= 11 is 5.70. The van der Waals surface area contributed by atoms with Gasteiger partial charge in [0.25, 0.3) is 17.5 Å². The van der Waals surface area contributed by atoms with Gasteiger partial charge in [-0.3, -0.25) is 19.7 Å². The quantitative estimate of drug-likeness (QED) is 0.411. The largest absolute Gasteiger partial charge is 0.454 e. The fourth-order valence-electron chi connectivity index (χ4n) is 2.73. The molecular formula is C17H20ClN3O6. The molecule has 0 unspecified atom stereocenters. The van der Waals surface area contributed by atoms with Crippen molar-refractivity contribution in [3.05, 3.63) is 38.9 Å². The smallest absolute Gasteiger partial charge is 0.328 e. The van der Waals surface area contributed by atoms with Crippen LogP contribution < -0.4 is 10.6 Å². The number of rotatable bonds is 7. The van der Waals surface area contributed by atoms with Crippen molar-refractivity contribution in [1.29, 1.82) is 0 Å². The number of nitro groups is 1. The van der Waals surface area contributed by atoms with E-state index in [2.05, 4.69) is 10.6 Å². The van der Waals surface area contributed by atoms with Gasteiger partial charge < -0.3 is 15.4 Å². The molecule has 1 aromatic rings. The average Bonchev–Trinajstić information content (AvgIpc) is 3.12. The van der Waals surface area contributed by atoms with E-state index in [4.69, 9.17) is 16.3 Å². The van der Waals surface area contributed by atoms with Gasteiger partial charge in [-0.15, -0.1) is 0 Å². The van der Waals surface area contributed by atoms with Crippen molar-refractivity contribution in [2.45, 2.75) is 44.7 Å². The third-order valence-corrected chi connectivity index (χ3v) is 4.49. The molecule has 1 atom stereocenters. The molecule has 9 nitrogen and oxygen atoms in total. The molecule has 0 radical (unpaired) electrons. The van der Waals surface area contributed by atoms with Crippen LogP contribution in [0, 0.1) is 10.1 Å². The standard InChI is InChI=1S/C17H20ClN3O6/c1-10(17(24)27-9-15(22)20-12-4-2-3-5-12)19-16(23)11-6-7-13(18)14(8-11)21(25)26/h6-8,10,12H,2-5,9H2,1H3,(H,19,23)(H,20,22)/t10-/m0/s1. The first kappa shape index (κ1) is 20.6. The predicted octanol–water partition coefficient (Wildman–Crippen LogP) is 1.97. The van der Waals surface area contributed by atoms with Crippen molar-refractivity contribution in [1.82, 2.24) is 10.6 Å². The first-order valence-corrected chi connectivity index (χ1v) is 8.86. The summed E-state index contributed by atoms with van der Waals surface area (Å²) in [5.41, 5.74) is -0.437. The van der Waals surface area contributed by atoms with Gasteiger partial charge in [-0.25, -0.2) is 4.79 Å². The minimum Gasteiger partial charge on any atom is -0.454 e. The molecule has 0 aromatic heterocycles. The summed E-state index contributed by atoms with van der Waals surface area (Å²) in [4.78, 5) is 46.0. The lowest BCUT2D eigenvalue weighted by Crippen LogP contribution is -2.42. The number of amides is 2. The Labute approximate surface area is 160 Å². The highest BCUT2D eigenvalue weighted by atomic mass is 35.5. The maximum Gasteiger partial charge on any atom is 0.328 e. The van der Waals surface area contributed by atoms with Crippen molar-refractivity contribution in [2.75, 3.05) is 6.61 Å². The Kier molecular flexibility index (Phi) is 7.12. The van der Waals surface area contributed by atoms with Gasteiger partial charge in [0, 0.05) is 17.7 Å². The summed E-state index contributed by atoms with van der Waals surface area (Å²) in [6, 6.07) is 2.63. The third-order valence-electron chi connectivity index (χ3n) is 4.17. The monoisotopic (exact) mass is 397 g/mol. The molecule has 2 rings (SSSR count). The molecular weight excluding hydrogens is 378 g/mol. The van der Waals surface area contributed by atoms with Gasteiger partial charge in [-0.05, 0) is 31.9 Å². The minimum atomic E-state index is -1.04. The molecule has 2 amide bonds. The molecule has 27 heavy (non-hydrogen) atoms. The molecule has 0 spiro atoms. The molecule has 146 valence electrons. The minimum absolute atomic E-state index is 0.0234. The summed E-state index contributed by atoms with van der Waals surface area (Å²) < 4.78 is 4.90. The molecule has 2 N–H and O–H groups in total. The summed E-state index contributed by atoms with van der Waals surface area (Å²) in [6.45, 7) is 0.960. The second-order valence-corrected chi connectivity index (χ2v) is 6.68. The number of hydrogen-bond donors (Lipinski definition) is 2. The first-order valence-electron chi connectivity index (χ1n) is 8.48. The van der Waals surface area contributed by atoms with E-state index in [1.54, 1.807) is 0 Å². The number of benzene rings is 1. The number of nitro benzene ring substituents is 1. The van der Waals surface area contributed by atoms with Gasteiger partial charge in [0.1, 0.15) is 11.1 Å². The fourth-order valence-corrected chi connectivity index (χ4v) is 2.92. The topological polar surface area (TPSA) is 128 Å². The molecule has 1 saturated carbocycles. The highest BCUT2D eigenvalue weighted by molar-refractivity contribution is 6.32. The fraction of sp³-hybridized carbons (Fsp3) is 0.471. The van der Waals surface area contributed by atoms with Crippen LogP contribution in [0.4, 0.5) is 5.69 Å². The number of hydrogen-bond acceptors (Lipinski definition) is 6. The lowest BCUT2D eigenvalue weighted by atomic mass is 10.1. The molecule has 0 saturated heterocycles. The lowest BCUT2D eigenvalue weighted by molar-refractivity contribution is -0.384.